The lowest BCUT2D eigenvalue weighted by Crippen LogP contribution is -2.33. The lowest BCUT2D eigenvalue weighted by Gasteiger charge is -2.33. The number of ether oxygens (including phenoxy) is 1. The molecule has 0 atom stereocenters. The van der Waals surface area contributed by atoms with Gasteiger partial charge >= 0.3 is 5.97 Å². The molecule has 6 heteroatoms. The number of amides is 1. The summed E-state index contributed by atoms with van der Waals surface area (Å²) in [6.45, 7) is 3.90. The average molecular weight is 374 g/mol. The van der Waals surface area contributed by atoms with Gasteiger partial charge in [0.15, 0.2) is 0 Å². The van der Waals surface area contributed by atoms with E-state index in [0.717, 1.165) is 29.5 Å². The molecule has 2 aromatic rings. The van der Waals surface area contributed by atoms with E-state index >= 15 is 0 Å². The highest BCUT2D eigenvalue weighted by atomic mass is 35.5. The van der Waals surface area contributed by atoms with Crippen molar-refractivity contribution in [2.45, 2.75) is 32.3 Å². The number of aryl methyl sites for hydroxylation is 1. The van der Waals surface area contributed by atoms with Crippen molar-refractivity contribution in [1.29, 1.82) is 0 Å². The summed E-state index contributed by atoms with van der Waals surface area (Å²) in [5, 5.41) is 12.5. The highest BCUT2D eigenvalue weighted by molar-refractivity contribution is 6.34. The Labute approximate surface area is 156 Å². The second kappa shape index (κ2) is 6.65. The first-order valence-electron chi connectivity index (χ1n) is 8.33. The Morgan fingerprint density at radius 1 is 1.15 bits per heavy atom. The van der Waals surface area contributed by atoms with Crippen LogP contribution in [0.1, 0.15) is 46.5 Å². The van der Waals surface area contributed by atoms with Crippen molar-refractivity contribution in [3.8, 4) is 16.9 Å². The Kier molecular flexibility index (Phi) is 4.67. The van der Waals surface area contributed by atoms with Gasteiger partial charge in [-0.15, -0.1) is 0 Å². The fourth-order valence-corrected chi connectivity index (χ4v) is 3.36. The minimum atomic E-state index is -1.03. The number of carboxylic acid groups (broad SMARTS) is 1. The molecule has 0 saturated carbocycles. The Balaban J connectivity index is 2.10. The predicted molar refractivity (Wildman–Crippen MR) is 100 cm³/mol. The molecule has 0 spiro atoms. The Morgan fingerprint density at radius 3 is 2.50 bits per heavy atom. The van der Waals surface area contributed by atoms with Crippen molar-refractivity contribution in [2.24, 2.45) is 0 Å². The van der Waals surface area contributed by atoms with Crippen molar-refractivity contribution in [3.63, 3.8) is 0 Å². The van der Waals surface area contributed by atoms with Crippen LogP contribution in [-0.4, -0.2) is 29.6 Å². The Morgan fingerprint density at radius 2 is 1.88 bits per heavy atom. The Bertz CT molecular complexity index is 905. The zero-order valence-corrected chi connectivity index (χ0v) is 15.6. The largest absolute Gasteiger partial charge is 0.487 e. The van der Waals surface area contributed by atoms with Crippen LogP contribution in [0.4, 0.5) is 0 Å². The first kappa shape index (κ1) is 18.3. The van der Waals surface area contributed by atoms with E-state index in [0.29, 0.717) is 16.3 Å². The normalized spacial score (nSPS) is 14.9. The number of halogens is 1. The van der Waals surface area contributed by atoms with E-state index in [4.69, 9.17) is 16.3 Å². The van der Waals surface area contributed by atoms with E-state index in [2.05, 4.69) is 5.32 Å². The molecular formula is C20H20ClNO4. The third-order valence-electron chi connectivity index (χ3n) is 4.55. The van der Waals surface area contributed by atoms with Crippen molar-refractivity contribution < 1.29 is 19.4 Å². The maximum atomic E-state index is 11.8. The first-order chi connectivity index (χ1) is 12.2. The van der Waals surface area contributed by atoms with E-state index in [9.17, 15) is 14.7 Å². The first-order valence-corrected chi connectivity index (χ1v) is 8.71. The summed E-state index contributed by atoms with van der Waals surface area (Å²) in [5.41, 5.74) is 2.46. The van der Waals surface area contributed by atoms with Gasteiger partial charge in [-0.3, -0.25) is 4.79 Å². The highest BCUT2D eigenvalue weighted by Gasteiger charge is 2.30. The summed E-state index contributed by atoms with van der Waals surface area (Å²) in [6.07, 6.45) is 1.54. The maximum absolute atomic E-state index is 11.8. The van der Waals surface area contributed by atoms with Gasteiger partial charge in [-0.25, -0.2) is 4.79 Å². The molecule has 0 saturated heterocycles. The standard InChI is InChI=1S/C20H20ClNO4/c1-20(2)7-6-12-8-13(9-15(19(24)25)17(12)26-20)11-4-5-14(16(21)10-11)18(23)22-3/h4-5,8-10H,6-7H2,1-3H3,(H,22,23)(H,24,25). The van der Waals surface area contributed by atoms with Gasteiger partial charge in [0.2, 0.25) is 0 Å². The van der Waals surface area contributed by atoms with Crippen molar-refractivity contribution in [3.05, 3.63) is 52.0 Å². The lowest BCUT2D eigenvalue weighted by molar-refractivity contribution is 0.0644. The van der Waals surface area contributed by atoms with Crippen LogP contribution in [0.3, 0.4) is 0 Å². The molecule has 5 nitrogen and oxygen atoms in total. The van der Waals surface area contributed by atoms with Gasteiger partial charge in [-0.05, 0) is 67.6 Å². The molecule has 0 bridgehead atoms. The second-order valence-corrected chi connectivity index (χ2v) is 7.36. The molecule has 136 valence electrons. The van der Waals surface area contributed by atoms with Crippen LogP contribution in [0, 0.1) is 0 Å². The van der Waals surface area contributed by atoms with Gasteiger partial charge in [0.05, 0.1) is 10.6 Å². The maximum Gasteiger partial charge on any atom is 0.339 e. The zero-order chi connectivity index (χ0) is 19.1. The number of benzene rings is 2. The number of rotatable bonds is 3. The van der Waals surface area contributed by atoms with Crippen LogP contribution < -0.4 is 10.1 Å². The third kappa shape index (κ3) is 3.40. The van der Waals surface area contributed by atoms with E-state index in [1.165, 1.54) is 7.05 Å². The molecule has 26 heavy (non-hydrogen) atoms. The van der Waals surface area contributed by atoms with E-state index in [1.807, 2.05) is 19.9 Å². The lowest BCUT2D eigenvalue weighted by atomic mass is 9.90. The average Bonchev–Trinajstić information content (AvgIpc) is 2.59. The summed E-state index contributed by atoms with van der Waals surface area (Å²) in [5.74, 6) is -0.867. The molecule has 1 heterocycles. The molecule has 2 N–H and O–H groups in total. The molecule has 1 aliphatic heterocycles. The van der Waals surface area contributed by atoms with Crippen molar-refractivity contribution in [2.75, 3.05) is 7.05 Å². The number of carbonyl (C=O) groups is 2. The molecule has 1 amide bonds. The minimum Gasteiger partial charge on any atom is -0.487 e. The molecule has 0 fully saturated rings. The molecule has 0 unspecified atom stereocenters. The fraction of sp³-hybridized carbons (Fsp3) is 0.300. The molecular weight excluding hydrogens is 354 g/mol. The zero-order valence-electron chi connectivity index (χ0n) is 14.9. The van der Waals surface area contributed by atoms with E-state index in [1.54, 1.807) is 24.3 Å². The smallest absolute Gasteiger partial charge is 0.339 e. The van der Waals surface area contributed by atoms with Crippen LogP contribution in [0.2, 0.25) is 5.02 Å². The van der Waals surface area contributed by atoms with Gasteiger partial charge in [-0.1, -0.05) is 17.7 Å². The predicted octanol–water partition coefficient (Wildman–Crippen LogP) is 4.17. The number of carbonyl (C=O) groups excluding carboxylic acids is 1. The summed E-state index contributed by atoms with van der Waals surface area (Å²) in [4.78, 5) is 23.5. The number of nitrogens with one attached hydrogen (secondary N) is 1. The fourth-order valence-electron chi connectivity index (χ4n) is 3.10. The SMILES string of the molecule is CNC(=O)c1ccc(-c2cc3c(c(C(=O)O)c2)OC(C)(C)CC3)cc1Cl. The quantitative estimate of drug-likeness (QED) is 0.846. The van der Waals surface area contributed by atoms with Gasteiger partial charge in [0.25, 0.3) is 5.91 Å². The summed E-state index contributed by atoms with van der Waals surface area (Å²) < 4.78 is 5.93. The van der Waals surface area contributed by atoms with Gasteiger partial charge in [-0.2, -0.15) is 0 Å². The van der Waals surface area contributed by atoms with Crippen LogP contribution in [0.25, 0.3) is 11.1 Å². The number of hydrogen-bond acceptors (Lipinski definition) is 3. The van der Waals surface area contributed by atoms with Crippen LogP contribution in [0.15, 0.2) is 30.3 Å². The number of carboxylic acids is 1. The summed E-state index contributed by atoms with van der Waals surface area (Å²) in [6, 6.07) is 8.59. The molecule has 3 rings (SSSR count). The molecule has 0 aliphatic carbocycles. The second-order valence-electron chi connectivity index (χ2n) is 6.95. The highest BCUT2D eigenvalue weighted by Crippen LogP contribution is 2.39. The summed E-state index contributed by atoms with van der Waals surface area (Å²) in [7, 11) is 1.54. The van der Waals surface area contributed by atoms with Gasteiger partial charge < -0.3 is 15.2 Å². The topological polar surface area (TPSA) is 75.6 Å². The van der Waals surface area contributed by atoms with Gasteiger partial charge in [0, 0.05) is 7.05 Å². The van der Waals surface area contributed by atoms with Crippen LogP contribution in [0.5, 0.6) is 5.75 Å². The number of aromatic carboxylic acids is 1. The van der Waals surface area contributed by atoms with Crippen molar-refractivity contribution >= 4 is 23.5 Å². The molecule has 0 aromatic heterocycles. The minimum absolute atomic E-state index is 0.136. The van der Waals surface area contributed by atoms with Gasteiger partial charge in [0.1, 0.15) is 16.9 Å². The van der Waals surface area contributed by atoms with E-state index in [-0.39, 0.29) is 11.5 Å². The van der Waals surface area contributed by atoms with Crippen molar-refractivity contribution in [1.82, 2.24) is 5.32 Å². The molecule has 2 aromatic carbocycles. The molecule has 1 aliphatic rings. The van der Waals surface area contributed by atoms with Crippen LogP contribution >= 0.6 is 11.6 Å². The number of hydrogen-bond donors (Lipinski definition) is 2. The van der Waals surface area contributed by atoms with E-state index < -0.39 is 11.6 Å². The molecule has 0 radical (unpaired) electrons. The Hall–Kier alpha value is -2.53. The number of fused-ring (bicyclic) bond motifs is 1. The summed E-state index contributed by atoms with van der Waals surface area (Å²) >= 11 is 6.23. The third-order valence-corrected chi connectivity index (χ3v) is 4.86. The van der Waals surface area contributed by atoms with Crippen LogP contribution in [-0.2, 0) is 6.42 Å². The monoisotopic (exact) mass is 373 g/mol.